The quantitative estimate of drug-likeness (QED) is 0.858. The molecule has 0 radical (unpaired) electrons. The number of amides is 1. The van der Waals surface area contributed by atoms with Crippen molar-refractivity contribution in [3.05, 3.63) is 59.4 Å². The first-order valence-electron chi connectivity index (χ1n) is 6.69. The van der Waals surface area contributed by atoms with E-state index in [1.165, 1.54) is 12.1 Å². The minimum Gasteiger partial charge on any atom is -0.352 e. The molecule has 1 aromatic carbocycles. The molecule has 22 heavy (non-hydrogen) atoms. The number of hydrogen-bond acceptors (Lipinski definition) is 4. The number of aryl methyl sites for hydroxylation is 1. The average Bonchev–Trinajstić information content (AvgIpc) is 2.47. The van der Waals surface area contributed by atoms with Crippen LogP contribution in [0.5, 0.6) is 0 Å². The zero-order valence-corrected chi connectivity index (χ0v) is 12.9. The van der Waals surface area contributed by atoms with Crippen molar-refractivity contribution in [2.45, 2.75) is 18.2 Å². The lowest BCUT2D eigenvalue weighted by Gasteiger charge is -2.06. The van der Waals surface area contributed by atoms with E-state index < -0.39 is 10.0 Å². The standard InChI is InChI=1S/C15H17N3O3S/c1-11-10-13(7-9-17-11)15(19)18-8-6-12-2-4-14(5-3-12)22(16,20)21/h2-5,7,9-10H,6,8H2,1H3,(H,18,19)(H2,16,20,21). The summed E-state index contributed by atoms with van der Waals surface area (Å²) in [6.07, 6.45) is 2.19. The molecule has 1 heterocycles. The Morgan fingerprint density at radius 1 is 1.23 bits per heavy atom. The topological polar surface area (TPSA) is 102 Å². The molecule has 0 aliphatic heterocycles. The van der Waals surface area contributed by atoms with Crippen LogP contribution in [0, 0.1) is 6.92 Å². The van der Waals surface area contributed by atoms with E-state index in [1.54, 1.807) is 30.5 Å². The third kappa shape index (κ3) is 4.37. The first kappa shape index (κ1) is 16.1. The van der Waals surface area contributed by atoms with Crippen LogP contribution in [-0.2, 0) is 16.4 Å². The summed E-state index contributed by atoms with van der Waals surface area (Å²) in [5, 5.41) is 7.84. The Morgan fingerprint density at radius 3 is 2.50 bits per heavy atom. The second kappa shape index (κ2) is 6.67. The third-order valence-electron chi connectivity index (χ3n) is 3.11. The number of rotatable bonds is 5. The first-order chi connectivity index (χ1) is 10.4. The Labute approximate surface area is 129 Å². The average molecular weight is 319 g/mol. The number of carbonyl (C=O) groups is 1. The molecule has 3 N–H and O–H groups in total. The second-order valence-corrected chi connectivity index (χ2v) is 6.44. The molecule has 2 rings (SSSR count). The molecule has 1 aromatic heterocycles. The van der Waals surface area contributed by atoms with Gasteiger partial charge in [0.25, 0.3) is 5.91 Å². The second-order valence-electron chi connectivity index (χ2n) is 4.88. The molecule has 2 aromatic rings. The molecule has 0 unspecified atom stereocenters. The summed E-state index contributed by atoms with van der Waals surface area (Å²) in [7, 11) is -3.67. The van der Waals surface area contributed by atoms with Gasteiger partial charge in [-0.05, 0) is 43.2 Å². The van der Waals surface area contributed by atoms with Crippen LogP contribution in [0.2, 0.25) is 0 Å². The number of pyridine rings is 1. The normalized spacial score (nSPS) is 11.2. The van der Waals surface area contributed by atoms with Crippen molar-refractivity contribution in [3.8, 4) is 0 Å². The fraction of sp³-hybridized carbons (Fsp3) is 0.200. The molecule has 7 heteroatoms. The molecule has 0 saturated heterocycles. The molecule has 6 nitrogen and oxygen atoms in total. The number of nitrogens with one attached hydrogen (secondary N) is 1. The summed E-state index contributed by atoms with van der Waals surface area (Å²) >= 11 is 0. The third-order valence-corrected chi connectivity index (χ3v) is 4.04. The van der Waals surface area contributed by atoms with Crippen LogP contribution < -0.4 is 10.5 Å². The Morgan fingerprint density at radius 2 is 1.91 bits per heavy atom. The molecule has 116 valence electrons. The summed E-state index contributed by atoms with van der Waals surface area (Å²) in [6.45, 7) is 2.28. The van der Waals surface area contributed by atoms with Gasteiger partial charge < -0.3 is 5.32 Å². The maximum atomic E-state index is 11.9. The van der Waals surface area contributed by atoms with Gasteiger partial charge in [-0.1, -0.05) is 12.1 Å². The number of aromatic nitrogens is 1. The van der Waals surface area contributed by atoms with Gasteiger partial charge in [0.15, 0.2) is 0 Å². The number of primary sulfonamides is 1. The SMILES string of the molecule is Cc1cc(C(=O)NCCc2ccc(S(N)(=O)=O)cc2)ccn1. The minimum atomic E-state index is -3.67. The molecule has 0 atom stereocenters. The molecule has 0 saturated carbocycles. The van der Waals surface area contributed by atoms with E-state index in [1.807, 2.05) is 6.92 Å². The maximum absolute atomic E-state index is 11.9. The zero-order valence-electron chi connectivity index (χ0n) is 12.1. The van der Waals surface area contributed by atoms with E-state index in [-0.39, 0.29) is 10.8 Å². The highest BCUT2D eigenvalue weighted by Crippen LogP contribution is 2.09. The van der Waals surface area contributed by atoms with Crippen LogP contribution in [0.4, 0.5) is 0 Å². The van der Waals surface area contributed by atoms with Crippen molar-refractivity contribution in [3.63, 3.8) is 0 Å². The predicted octanol–water partition coefficient (Wildman–Crippen LogP) is 1.01. The molecule has 0 fully saturated rings. The number of carbonyl (C=O) groups excluding carboxylic acids is 1. The van der Waals surface area contributed by atoms with E-state index in [2.05, 4.69) is 10.3 Å². The van der Waals surface area contributed by atoms with Gasteiger partial charge in [-0.25, -0.2) is 13.6 Å². The number of benzene rings is 1. The van der Waals surface area contributed by atoms with Gasteiger partial charge in [0, 0.05) is 24.0 Å². The van der Waals surface area contributed by atoms with E-state index in [9.17, 15) is 13.2 Å². The Kier molecular flexibility index (Phi) is 4.89. The summed E-state index contributed by atoms with van der Waals surface area (Å²) in [4.78, 5) is 16.1. The van der Waals surface area contributed by atoms with Crippen LogP contribution in [0.1, 0.15) is 21.6 Å². The van der Waals surface area contributed by atoms with Crippen LogP contribution in [0.25, 0.3) is 0 Å². The molecule has 0 aliphatic carbocycles. The van der Waals surface area contributed by atoms with Crippen molar-refractivity contribution in [1.29, 1.82) is 0 Å². The van der Waals surface area contributed by atoms with Gasteiger partial charge in [0.2, 0.25) is 10.0 Å². The Bertz CT molecular complexity index is 771. The molecular formula is C15H17N3O3S. The van der Waals surface area contributed by atoms with Crippen LogP contribution in [0.15, 0.2) is 47.5 Å². The van der Waals surface area contributed by atoms with Crippen molar-refractivity contribution < 1.29 is 13.2 Å². The maximum Gasteiger partial charge on any atom is 0.251 e. The van der Waals surface area contributed by atoms with Gasteiger partial charge >= 0.3 is 0 Å². The number of nitrogens with zero attached hydrogens (tertiary/aromatic N) is 1. The Hall–Kier alpha value is -2.25. The fourth-order valence-electron chi connectivity index (χ4n) is 1.96. The summed E-state index contributed by atoms with van der Waals surface area (Å²) in [5.41, 5.74) is 2.27. The lowest BCUT2D eigenvalue weighted by Crippen LogP contribution is -2.25. The van der Waals surface area contributed by atoms with Gasteiger partial charge in [-0.15, -0.1) is 0 Å². The molecular weight excluding hydrogens is 302 g/mol. The smallest absolute Gasteiger partial charge is 0.251 e. The highest BCUT2D eigenvalue weighted by Gasteiger charge is 2.07. The summed E-state index contributed by atoms with van der Waals surface area (Å²) in [6, 6.07) is 9.65. The van der Waals surface area contributed by atoms with Gasteiger partial charge in [0.1, 0.15) is 0 Å². The molecule has 0 spiro atoms. The highest BCUT2D eigenvalue weighted by molar-refractivity contribution is 7.89. The molecule has 1 amide bonds. The van der Waals surface area contributed by atoms with Crippen molar-refractivity contribution in [1.82, 2.24) is 10.3 Å². The fourth-order valence-corrected chi connectivity index (χ4v) is 2.47. The lowest BCUT2D eigenvalue weighted by atomic mass is 10.1. The van der Waals surface area contributed by atoms with E-state index >= 15 is 0 Å². The van der Waals surface area contributed by atoms with Crippen LogP contribution >= 0.6 is 0 Å². The lowest BCUT2D eigenvalue weighted by molar-refractivity contribution is 0.0954. The van der Waals surface area contributed by atoms with Crippen LogP contribution in [-0.4, -0.2) is 25.9 Å². The van der Waals surface area contributed by atoms with Gasteiger partial charge in [-0.3, -0.25) is 9.78 Å². The minimum absolute atomic E-state index is 0.0764. The molecule has 0 bridgehead atoms. The number of sulfonamides is 1. The van der Waals surface area contributed by atoms with Gasteiger partial charge in [-0.2, -0.15) is 0 Å². The largest absolute Gasteiger partial charge is 0.352 e. The van der Waals surface area contributed by atoms with Crippen molar-refractivity contribution in [2.24, 2.45) is 5.14 Å². The van der Waals surface area contributed by atoms with Gasteiger partial charge in [0.05, 0.1) is 4.90 Å². The number of nitrogens with two attached hydrogens (primary N) is 1. The molecule has 0 aliphatic rings. The summed E-state index contributed by atoms with van der Waals surface area (Å²) in [5.74, 6) is -0.161. The van der Waals surface area contributed by atoms with Crippen molar-refractivity contribution >= 4 is 15.9 Å². The zero-order chi connectivity index (χ0) is 16.2. The highest BCUT2D eigenvalue weighted by atomic mass is 32.2. The predicted molar refractivity (Wildman–Crippen MR) is 82.8 cm³/mol. The Balaban J connectivity index is 1.90. The first-order valence-corrected chi connectivity index (χ1v) is 8.23. The van der Waals surface area contributed by atoms with E-state index in [4.69, 9.17) is 5.14 Å². The van der Waals surface area contributed by atoms with Crippen molar-refractivity contribution in [2.75, 3.05) is 6.54 Å². The van der Waals surface area contributed by atoms with E-state index in [0.717, 1.165) is 11.3 Å². The van der Waals surface area contributed by atoms with Crippen LogP contribution in [0.3, 0.4) is 0 Å². The van der Waals surface area contributed by atoms with E-state index in [0.29, 0.717) is 18.5 Å². The number of hydrogen-bond donors (Lipinski definition) is 2. The summed E-state index contributed by atoms with van der Waals surface area (Å²) < 4.78 is 22.3. The monoisotopic (exact) mass is 319 g/mol.